The highest BCUT2D eigenvalue weighted by Gasteiger charge is 2.11. The highest BCUT2D eigenvalue weighted by atomic mass is 15.2. The fraction of sp³-hybridized carbons (Fsp3) is 0.357. The summed E-state index contributed by atoms with van der Waals surface area (Å²) in [6, 6.07) is 11.1. The van der Waals surface area contributed by atoms with E-state index in [0.717, 1.165) is 0 Å². The van der Waals surface area contributed by atoms with Crippen LogP contribution in [0.25, 0.3) is 0 Å². The van der Waals surface area contributed by atoms with Gasteiger partial charge in [0.05, 0.1) is 6.20 Å². The lowest BCUT2D eigenvalue weighted by atomic mass is 10.1. The number of aromatic nitrogens is 2. The Balaban J connectivity index is 2.02. The van der Waals surface area contributed by atoms with E-state index in [1.807, 2.05) is 24.0 Å². The first kappa shape index (κ1) is 11.9. The maximum Gasteiger partial charge on any atom is 0.0537 e. The molecule has 17 heavy (non-hydrogen) atoms. The standard InChI is InChI=1S/C14H19N3/c1-11(13-7-5-4-6-8-13)16-12(2)14-9-15-17(3)10-14/h4-12,16H,1-3H3. The van der Waals surface area contributed by atoms with Crippen molar-refractivity contribution in [1.82, 2.24) is 15.1 Å². The van der Waals surface area contributed by atoms with E-state index in [1.165, 1.54) is 11.1 Å². The van der Waals surface area contributed by atoms with Crippen LogP contribution in [0.2, 0.25) is 0 Å². The van der Waals surface area contributed by atoms with Crippen LogP contribution in [-0.2, 0) is 7.05 Å². The van der Waals surface area contributed by atoms with Gasteiger partial charge in [0.25, 0.3) is 0 Å². The fourth-order valence-corrected chi connectivity index (χ4v) is 1.97. The Morgan fingerprint density at radius 2 is 1.71 bits per heavy atom. The molecule has 1 heterocycles. The topological polar surface area (TPSA) is 29.9 Å². The second-order valence-electron chi connectivity index (χ2n) is 4.47. The highest BCUT2D eigenvalue weighted by Crippen LogP contribution is 2.18. The largest absolute Gasteiger partial charge is 0.304 e. The molecule has 2 aromatic rings. The van der Waals surface area contributed by atoms with Gasteiger partial charge in [-0.1, -0.05) is 30.3 Å². The number of rotatable bonds is 4. The lowest BCUT2D eigenvalue weighted by Gasteiger charge is -2.19. The monoisotopic (exact) mass is 229 g/mol. The van der Waals surface area contributed by atoms with Crippen molar-refractivity contribution in [2.45, 2.75) is 25.9 Å². The Morgan fingerprint density at radius 1 is 1.06 bits per heavy atom. The number of nitrogens with one attached hydrogen (secondary N) is 1. The first-order chi connectivity index (χ1) is 8.16. The minimum Gasteiger partial charge on any atom is -0.304 e. The van der Waals surface area contributed by atoms with Crippen molar-refractivity contribution < 1.29 is 0 Å². The van der Waals surface area contributed by atoms with Gasteiger partial charge < -0.3 is 5.32 Å². The van der Waals surface area contributed by atoms with E-state index in [-0.39, 0.29) is 0 Å². The summed E-state index contributed by atoms with van der Waals surface area (Å²) in [5.41, 5.74) is 2.53. The Hall–Kier alpha value is -1.61. The van der Waals surface area contributed by atoms with Crippen molar-refractivity contribution in [3.63, 3.8) is 0 Å². The second-order valence-corrected chi connectivity index (χ2v) is 4.47. The van der Waals surface area contributed by atoms with E-state index in [2.05, 4.69) is 54.7 Å². The molecule has 0 spiro atoms. The second kappa shape index (κ2) is 5.15. The third kappa shape index (κ3) is 2.94. The molecule has 0 fully saturated rings. The van der Waals surface area contributed by atoms with Crippen LogP contribution >= 0.6 is 0 Å². The van der Waals surface area contributed by atoms with Crippen LogP contribution < -0.4 is 5.32 Å². The van der Waals surface area contributed by atoms with Crippen molar-refractivity contribution in [2.75, 3.05) is 0 Å². The molecule has 3 heteroatoms. The molecule has 0 aliphatic heterocycles. The Kier molecular flexibility index (Phi) is 3.59. The fourth-order valence-electron chi connectivity index (χ4n) is 1.97. The van der Waals surface area contributed by atoms with E-state index in [4.69, 9.17) is 0 Å². The summed E-state index contributed by atoms with van der Waals surface area (Å²) in [4.78, 5) is 0. The molecule has 0 saturated heterocycles. The summed E-state index contributed by atoms with van der Waals surface area (Å²) >= 11 is 0. The zero-order chi connectivity index (χ0) is 12.3. The normalized spacial score (nSPS) is 14.5. The Bertz CT molecular complexity index is 461. The molecular formula is C14H19N3. The van der Waals surface area contributed by atoms with Gasteiger partial charge in [-0.05, 0) is 19.4 Å². The Labute approximate surface area is 102 Å². The summed E-state index contributed by atoms with van der Waals surface area (Å²) in [7, 11) is 1.94. The molecule has 0 aliphatic carbocycles. The third-order valence-electron chi connectivity index (χ3n) is 3.02. The van der Waals surface area contributed by atoms with Gasteiger partial charge in [0, 0.05) is 30.9 Å². The maximum absolute atomic E-state index is 4.19. The van der Waals surface area contributed by atoms with Crippen LogP contribution in [-0.4, -0.2) is 9.78 Å². The average Bonchev–Trinajstić information content (AvgIpc) is 2.77. The molecule has 0 radical (unpaired) electrons. The van der Waals surface area contributed by atoms with Crippen LogP contribution in [0.3, 0.4) is 0 Å². The van der Waals surface area contributed by atoms with Gasteiger partial charge in [-0.3, -0.25) is 4.68 Å². The smallest absolute Gasteiger partial charge is 0.0537 e. The van der Waals surface area contributed by atoms with Crippen LogP contribution in [0, 0.1) is 0 Å². The lowest BCUT2D eigenvalue weighted by molar-refractivity contribution is 0.494. The van der Waals surface area contributed by atoms with Crippen LogP contribution in [0.15, 0.2) is 42.7 Å². The number of hydrogen-bond acceptors (Lipinski definition) is 2. The molecule has 0 bridgehead atoms. The van der Waals surface area contributed by atoms with E-state index >= 15 is 0 Å². The molecule has 0 aliphatic rings. The van der Waals surface area contributed by atoms with E-state index in [1.54, 1.807) is 0 Å². The van der Waals surface area contributed by atoms with Gasteiger partial charge in [0.15, 0.2) is 0 Å². The summed E-state index contributed by atoms with van der Waals surface area (Å²) in [6.07, 6.45) is 3.96. The number of benzene rings is 1. The van der Waals surface area contributed by atoms with Gasteiger partial charge in [-0.15, -0.1) is 0 Å². The van der Waals surface area contributed by atoms with Crippen molar-refractivity contribution in [3.8, 4) is 0 Å². The molecule has 2 unspecified atom stereocenters. The number of nitrogens with zero attached hydrogens (tertiary/aromatic N) is 2. The van der Waals surface area contributed by atoms with Gasteiger partial charge >= 0.3 is 0 Å². The SMILES string of the molecule is CC(NC(C)c1cnn(C)c1)c1ccccc1. The van der Waals surface area contributed by atoms with E-state index in [9.17, 15) is 0 Å². The molecule has 3 nitrogen and oxygen atoms in total. The Morgan fingerprint density at radius 3 is 2.29 bits per heavy atom. The average molecular weight is 229 g/mol. The highest BCUT2D eigenvalue weighted by molar-refractivity contribution is 5.19. The lowest BCUT2D eigenvalue weighted by Crippen LogP contribution is -2.22. The predicted octanol–water partition coefficient (Wildman–Crippen LogP) is 2.83. The summed E-state index contributed by atoms with van der Waals surface area (Å²) in [6.45, 7) is 4.35. The zero-order valence-corrected chi connectivity index (χ0v) is 10.6. The van der Waals surface area contributed by atoms with E-state index < -0.39 is 0 Å². The molecule has 90 valence electrons. The van der Waals surface area contributed by atoms with Crippen molar-refractivity contribution in [3.05, 3.63) is 53.9 Å². The maximum atomic E-state index is 4.19. The van der Waals surface area contributed by atoms with Crippen molar-refractivity contribution in [2.24, 2.45) is 7.05 Å². The molecule has 1 aromatic heterocycles. The molecular weight excluding hydrogens is 210 g/mol. The molecule has 0 saturated carbocycles. The van der Waals surface area contributed by atoms with Crippen LogP contribution in [0.1, 0.15) is 37.1 Å². The molecule has 2 atom stereocenters. The summed E-state index contributed by atoms with van der Waals surface area (Å²) < 4.78 is 1.83. The van der Waals surface area contributed by atoms with E-state index in [0.29, 0.717) is 12.1 Å². The predicted molar refractivity (Wildman–Crippen MR) is 69.6 cm³/mol. The molecule has 2 rings (SSSR count). The van der Waals surface area contributed by atoms with Gasteiger partial charge in [-0.25, -0.2) is 0 Å². The molecule has 0 amide bonds. The summed E-state index contributed by atoms with van der Waals surface area (Å²) in [5.74, 6) is 0. The van der Waals surface area contributed by atoms with Gasteiger partial charge in [0.2, 0.25) is 0 Å². The van der Waals surface area contributed by atoms with Gasteiger partial charge in [0.1, 0.15) is 0 Å². The zero-order valence-electron chi connectivity index (χ0n) is 10.6. The summed E-state index contributed by atoms with van der Waals surface area (Å²) in [5, 5.41) is 7.77. The first-order valence-corrected chi connectivity index (χ1v) is 5.96. The molecule has 1 aromatic carbocycles. The van der Waals surface area contributed by atoms with Gasteiger partial charge in [-0.2, -0.15) is 5.10 Å². The minimum absolute atomic E-state index is 0.305. The van der Waals surface area contributed by atoms with Crippen molar-refractivity contribution in [1.29, 1.82) is 0 Å². The number of hydrogen-bond donors (Lipinski definition) is 1. The van der Waals surface area contributed by atoms with Crippen LogP contribution in [0.5, 0.6) is 0 Å². The van der Waals surface area contributed by atoms with Crippen molar-refractivity contribution >= 4 is 0 Å². The quantitative estimate of drug-likeness (QED) is 0.873. The molecule has 1 N–H and O–H groups in total. The third-order valence-corrected chi connectivity index (χ3v) is 3.02. The van der Waals surface area contributed by atoms with Crippen LogP contribution in [0.4, 0.5) is 0 Å². The first-order valence-electron chi connectivity index (χ1n) is 5.96. The number of aryl methyl sites for hydroxylation is 1. The minimum atomic E-state index is 0.305.